The molecule has 4 heterocycles. The molecule has 0 unspecified atom stereocenters. The van der Waals surface area contributed by atoms with Crippen molar-refractivity contribution in [1.29, 1.82) is 0 Å². The molecule has 0 aliphatic carbocycles. The first-order chi connectivity index (χ1) is 16.3. The van der Waals surface area contributed by atoms with Gasteiger partial charge in [-0.1, -0.05) is 0 Å². The van der Waals surface area contributed by atoms with E-state index in [1.54, 1.807) is 17.5 Å². The van der Waals surface area contributed by atoms with Crippen molar-refractivity contribution >= 4 is 23.3 Å². The molecule has 0 radical (unpaired) electrons. The molecule has 0 bridgehead atoms. The first-order valence-corrected chi connectivity index (χ1v) is 10.5. The lowest BCUT2D eigenvalue weighted by Gasteiger charge is -2.28. The average molecular weight is 524 g/mol. The maximum absolute atomic E-state index is 10.6. The van der Waals surface area contributed by atoms with Gasteiger partial charge < -0.3 is 14.8 Å². The average Bonchev–Trinajstić information content (AvgIpc) is 3.43. The lowest BCUT2D eigenvalue weighted by atomic mass is 10.2. The number of nitrogens with zero attached hydrogens (tertiary/aromatic N) is 4. The van der Waals surface area contributed by atoms with E-state index in [1.807, 2.05) is 18.5 Å². The Labute approximate surface area is 198 Å². The van der Waals surface area contributed by atoms with Gasteiger partial charge in [-0.25, -0.2) is 14.6 Å². The van der Waals surface area contributed by atoms with Gasteiger partial charge in [-0.2, -0.15) is 37.7 Å². The van der Waals surface area contributed by atoms with Crippen LogP contribution < -0.4 is 0 Å². The standard InChI is InChI=1S/C16H16N4S.2C2HF3O2/c1-2-14(8-17-4-1)15-9-18-16-11-19(5-6-20(15)16)10-13-3-7-21-12-13;2*3-2(4,5)1(6)7/h1-4,7-9,12H,5-6,10-11H2;2*(H,6,7). The first-order valence-electron chi connectivity index (χ1n) is 9.57. The minimum atomic E-state index is -5.08. The number of hydrogen-bond acceptors (Lipinski definition) is 6. The number of imidazole rings is 1. The zero-order valence-electron chi connectivity index (χ0n) is 17.6. The number of alkyl halides is 6. The number of rotatable bonds is 3. The predicted octanol–water partition coefficient (Wildman–Crippen LogP) is 4.29. The Morgan fingerprint density at radius 3 is 2.11 bits per heavy atom. The Hall–Kier alpha value is -3.46. The molecule has 0 aromatic carbocycles. The molecule has 1 aliphatic rings. The normalized spacial score (nSPS) is 13.5. The van der Waals surface area contributed by atoms with Gasteiger partial charge in [0.05, 0.1) is 18.4 Å². The quantitative estimate of drug-likeness (QED) is 0.492. The highest BCUT2D eigenvalue weighted by Crippen LogP contribution is 2.24. The minimum absolute atomic E-state index is 0.913. The number of thiophene rings is 1. The van der Waals surface area contributed by atoms with Crippen molar-refractivity contribution < 1.29 is 46.1 Å². The zero-order chi connectivity index (χ0) is 26.2. The lowest BCUT2D eigenvalue weighted by Crippen LogP contribution is -2.33. The van der Waals surface area contributed by atoms with Crippen molar-refractivity contribution in [3.05, 3.63) is 58.9 Å². The molecule has 0 fully saturated rings. The topological polar surface area (TPSA) is 109 Å². The van der Waals surface area contributed by atoms with Crippen LogP contribution in [0.2, 0.25) is 0 Å². The second kappa shape index (κ2) is 11.8. The molecule has 4 rings (SSSR count). The predicted molar refractivity (Wildman–Crippen MR) is 111 cm³/mol. The molecule has 1 aliphatic heterocycles. The molecule has 0 saturated heterocycles. The summed E-state index contributed by atoms with van der Waals surface area (Å²) in [6, 6.07) is 6.27. The molecule has 0 spiro atoms. The summed E-state index contributed by atoms with van der Waals surface area (Å²) in [7, 11) is 0. The fourth-order valence-corrected chi connectivity index (χ4v) is 3.49. The third kappa shape index (κ3) is 8.68. The number of carbonyl (C=O) groups is 2. The van der Waals surface area contributed by atoms with E-state index in [2.05, 4.69) is 42.3 Å². The molecular weight excluding hydrogens is 506 g/mol. The van der Waals surface area contributed by atoms with Gasteiger partial charge in [0.1, 0.15) is 5.82 Å². The molecule has 3 aromatic heterocycles. The van der Waals surface area contributed by atoms with E-state index in [9.17, 15) is 26.3 Å². The van der Waals surface area contributed by atoms with Crippen molar-refractivity contribution in [2.45, 2.75) is 32.0 Å². The largest absolute Gasteiger partial charge is 0.490 e. The van der Waals surface area contributed by atoms with Gasteiger partial charge in [0, 0.05) is 37.6 Å². The summed E-state index contributed by atoms with van der Waals surface area (Å²) in [5.41, 5.74) is 3.71. The molecule has 15 heteroatoms. The van der Waals surface area contributed by atoms with Crippen LogP contribution in [-0.2, 0) is 29.2 Å². The summed E-state index contributed by atoms with van der Waals surface area (Å²) in [6.07, 6.45) is -4.48. The summed E-state index contributed by atoms with van der Waals surface area (Å²) in [5, 5.41) is 18.6. The van der Waals surface area contributed by atoms with Crippen LogP contribution in [0.1, 0.15) is 11.4 Å². The van der Waals surface area contributed by atoms with Gasteiger partial charge in [0.2, 0.25) is 0 Å². The molecule has 0 saturated carbocycles. The van der Waals surface area contributed by atoms with E-state index in [1.165, 1.54) is 11.3 Å². The SMILES string of the molecule is O=C(O)C(F)(F)F.O=C(O)C(F)(F)F.c1cncc(-c2cnc3n2CCN(Cc2ccsc2)C3)c1. The lowest BCUT2D eigenvalue weighted by molar-refractivity contribution is -0.193. The van der Waals surface area contributed by atoms with Crippen LogP contribution in [0.3, 0.4) is 0 Å². The number of fused-ring (bicyclic) bond motifs is 1. The molecule has 35 heavy (non-hydrogen) atoms. The van der Waals surface area contributed by atoms with Crippen molar-refractivity contribution in [3.63, 3.8) is 0 Å². The summed E-state index contributed by atoms with van der Waals surface area (Å²) in [6.45, 7) is 3.98. The summed E-state index contributed by atoms with van der Waals surface area (Å²) in [4.78, 5) is 29.1. The van der Waals surface area contributed by atoms with Crippen LogP contribution in [0.4, 0.5) is 26.3 Å². The number of aromatic nitrogens is 3. The van der Waals surface area contributed by atoms with Gasteiger partial charge in [0.25, 0.3) is 0 Å². The third-order valence-corrected chi connectivity index (χ3v) is 5.10. The van der Waals surface area contributed by atoms with Crippen molar-refractivity contribution in [1.82, 2.24) is 19.4 Å². The maximum Gasteiger partial charge on any atom is 0.490 e. The highest BCUT2D eigenvalue weighted by atomic mass is 32.1. The molecule has 190 valence electrons. The number of carboxylic acid groups (broad SMARTS) is 2. The van der Waals surface area contributed by atoms with E-state index in [4.69, 9.17) is 19.8 Å². The van der Waals surface area contributed by atoms with Crippen molar-refractivity contribution in [2.75, 3.05) is 6.54 Å². The second-order valence-electron chi connectivity index (χ2n) is 6.90. The number of halogens is 6. The van der Waals surface area contributed by atoms with Crippen molar-refractivity contribution in [2.24, 2.45) is 0 Å². The molecule has 2 N–H and O–H groups in total. The van der Waals surface area contributed by atoms with Gasteiger partial charge in [-0.05, 0) is 34.5 Å². The van der Waals surface area contributed by atoms with E-state index >= 15 is 0 Å². The van der Waals surface area contributed by atoms with Crippen LogP contribution in [0, 0.1) is 0 Å². The Bertz CT molecular complexity index is 1080. The molecule has 0 amide bonds. The number of pyridine rings is 1. The van der Waals surface area contributed by atoms with Crippen LogP contribution in [0.15, 0.2) is 47.5 Å². The Kier molecular flexibility index (Phi) is 9.36. The van der Waals surface area contributed by atoms with Crippen LogP contribution in [0.25, 0.3) is 11.3 Å². The Morgan fingerprint density at radius 2 is 1.63 bits per heavy atom. The Morgan fingerprint density at radius 1 is 1.00 bits per heavy atom. The smallest absolute Gasteiger partial charge is 0.475 e. The van der Waals surface area contributed by atoms with Gasteiger partial charge in [-0.3, -0.25) is 9.88 Å². The van der Waals surface area contributed by atoms with Crippen LogP contribution in [0.5, 0.6) is 0 Å². The Balaban J connectivity index is 0.000000257. The molecule has 0 atom stereocenters. The van der Waals surface area contributed by atoms with Gasteiger partial charge >= 0.3 is 24.3 Å². The monoisotopic (exact) mass is 524 g/mol. The molecular formula is C20H18F6N4O4S. The van der Waals surface area contributed by atoms with Crippen LogP contribution in [-0.4, -0.2) is 60.5 Å². The molecule has 3 aromatic rings. The maximum atomic E-state index is 10.6. The summed E-state index contributed by atoms with van der Waals surface area (Å²) in [5.74, 6) is -4.37. The number of carboxylic acids is 2. The van der Waals surface area contributed by atoms with E-state index < -0.39 is 24.3 Å². The minimum Gasteiger partial charge on any atom is -0.475 e. The molecule has 8 nitrogen and oxygen atoms in total. The summed E-state index contributed by atoms with van der Waals surface area (Å²) < 4.78 is 65.8. The first kappa shape index (κ1) is 27.8. The second-order valence-corrected chi connectivity index (χ2v) is 7.68. The fourth-order valence-electron chi connectivity index (χ4n) is 2.83. The number of aliphatic carboxylic acids is 2. The third-order valence-electron chi connectivity index (χ3n) is 4.37. The van der Waals surface area contributed by atoms with Crippen molar-refractivity contribution in [3.8, 4) is 11.3 Å². The highest BCUT2D eigenvalue weighted by molar-refractivity contribution is 7.07. The summed E-state index contributed by atoms with van der Waals surface area (Å²) >= 11 is 1.76. The highest BCUT2D eigenvalue weighted by Gasteiger charge is 2.38. The van der Waals surface area contributed by atoms with Gasteiger partial charge in [0.15, 0.2) is 0 Å². The van der Waals surface area contributed by atoms with E-state index in [0.717, 1.165) is 37.6 Å². The van der Waals surface area contributed by atoms with E-state index in [0.29, 0.717) is 0 Å². The van der Waals surface area contributed by atoms with Gasteiger partial charge in [-0.15, -0.1) is 0 Å². The number of hydrogen-bond donors (Lipinski definition) is 2. The van der Waals surface area contributed by atoms with E-state index in [-0.39, 0.29) is 0 Å². The zero-order valence-corrected chi connectivity index (χ0v) is 18.4. The van der Waals surface area contributed by atoms with Crippen LogP contribution >= 0.6 is 11.3 Å². The fraction of sp³-hybridized carbons (Fsp3) is 0.300.